The highest BCUT2D eigenvalue weighted by Gasteiger charge is 2.19. The summed E-state index contributed by atoms with van der Waals surface area (Å²) in [4.78, 5) is 16.7. The van der Waals surface area contributed by atoms with E-state index >= 15 is 0 Å². The van der Waals surface area contributed by atoms with Gasteiger partial charge in [0.2, 0.25) is 5.13 Å². The predicted octanol–water partition coefficient (Wildman–Crippen LogP) is 3.15. The largest absolute Gasteiger partial charge is 0.295 e. The monoisotopic (exact) mass is 349 g/mol. The van der Waals surface area contributed by atoms with Gasteiger partial charge in [0, 0.05) is 5.69 Å². The lowest BCUT2D eigenvalue weighted by atomic mass is 10.3. The van der Waals surface area contributed by atoms with E-state index in [-0.39, 0.29) is 11.7 Å². The average Bonchev–Trinajstić information content (AvgIpc) is 3.14. The zero-order chi connectivity index (χ0) is 16.4. The maximum atomic E-state index is 13.1. The molecule has 1 N–H and O–H groups in total. The molecule has 0 bridgehead atoms. The van der Waals surface area contributed by atoms with Gasteiger partial charge in [0.25, 0.3) is 5.91 Å². The first kappa shape index (κ1) is 15.6. The van der Waals surface area contributed by atoms with Crippen molar-refractivity contribution in [1.82, 2.24) is 19.7 Å². The summed E-state index contributed by atoms with van der Waals surface area (Å²) in [5.74, 6) is -0.687. The Hall–Kier alpha value is -2.26. The van der Waals surface area contributed by atoms with E-state index in [0.717, 1.165) is 5.01 Å². The van der Waals surface area contributed by atoms with Crippen molar-refractivity contribution in [2.45, 2.75) is 12.1 Å². The number of rotatable bonds is 4. The van der Waals surface area contributed by atoms with Crippen molar-refractivity contribution < 1.29 is 9.18 Å². The van der Waals surface area contributed by atoms with Crippen LogP contribution in [0.25, 0.3) is 5.69 Å². The van der Waals surface area contributed by atoms with E-state index in [0.29, 0.717) is 21.7 Å². The van der Waals surface area contributed by atoms with Crippen molar-refractivity contribution in [3.05, 3.63) is 47.0 Å². The van der Waals surface area contributed by atoms with E-state index < -0.39 is 0 Å². The predicted molar refractivity (Wildman–Crippen MR) is 87.9 cm³/mol. The Labute approximate surface area is 139 Å². The zero-order valence-corrected chi connectivity index (χ0v) is 13.9. The number of aryl methyl sites for hydroxylation is 1. The van der Waals surface area contributed by atoms with Gasteiger partial charge in [-0.05, 0) is 37.4 Å². The molecule has 0 fully saturated rings. The molecule has 2 heterocycles. The summed E-state index contributed by atoms with van der Waals surface area (Å²) in [6, 6.07) is 5.88. The van der Waals surface area contributed by atoms with Crippen molar-refractivity contribution in [3.8, 4) is 5.69 Å². The number of imidazole rings is 1. The first-order valence-corrected chi connectivity index (χ1v) is 8.61. The first-order valence-electron chi connectivity index (χ1n) is 6.57. The van der Waals surface area contributed by atoms with Gasteiger partial charge in [-0.1, -0.05) is 23.1 Å². The van der Waals surface area contributed by atoms with Crippen molar-refractivity contribution >= 4 is 34.1 Å². The highest BCUT2D eigenvalue weighted by Crippen LogP contribution is 2.23. The Morgan fingerprint density at radius 2 is 2.04 bits per heavy atom. The Kier molecular flexibility index (Phi) is 4.39. The lowest BCUT2D eigenvalue weighted by Gasteiger charge is -2.10. The maximum absolute atomic E-state index is 13.1. The molecule has 0 aliphatic carbocycles. The molecule has 0 aliphatic heterocycles. The molecule has 0 atom stereocenters. The standard InChI is InChI=1S/C14H12FN5OS2/c1-8-18-19-13(23-8)17-12(21)11-7-16-14(22-2)20(11)10-5-3-9(15)4-6-10/h3-7H,1-2H3,(H,17,19,21). The minimum atomic E-state index is -0.349. The number of halogens is 1. The van der Waals surface area contributed by atoms with Crippen LogP contribution in [0.1, 0.15) is 15.5 Å². The van der Waals surface area contributed by atoms with E-state index in [1.807, 2.05) is 13.2 Å². The number of carbonyl (C=O) groups is 1. The molecule has 9 heteroatoms. The molecule has 0 unspecified atom stereocenters. The number of aromatic nitrogens is 4. The van der Waals surface area contributed by atoms with Crippen LogP contribution < -0.4 is 5.32 Å². The molecule has 1 amide bonds. The number of hydrogen-bond donors (Lipinski definition) is 1. The fourth-order valence-corrected chi connectivity index (χ4v) is 3.12. The van der Waals surface area contributed by atoms with Crippen LogP contribution in [0.3, 0.4) is 0 Å². The summed E-state index contributed by atoms with van der Waals surface area (Å²) in [5.41, 5.74) is 1.00. The second-order valence-corrected chi connectivity index (χ2v) is 6.48. The van der Waals surface area contributed by atoms with Gasteiger partial charge in [-0.2, -0.15) is 0 Å². The van der Waals surface area contributed by atoms with Crippen LogP contribution >= 0.6 is 23.1 Å². The van der Waals surface area contributed by atoms with Crippen molar-refractivity contribution in [3.63, 3.8) is 0 Å². The number of nitrogens with zero attached hydrogens (tertiary/aromatic N) is 4. The molecule has 0 aliphatic rings. The Morgan fingerprint density at radius 1 is 1.30 bits per heavy atom. The van der Waals surface area contributed by atoms with Crippen LogP contribution in [0.5, 0.6) is 0 Å². The van der Waals surface area contributed by atoms with Crippen LogP contribution in [-0.4, -0.2) is 31.9 Å². The summed E-state index contributed by atoms with van der Waals surface area (Å²) in [6.07, 6.45) is 3.34. The van der Waals surface area contributed by atoms with E-state index in [2.05, 4.69) is 20.5 Å². The van der Waals surface area contributed by atoms with Crippen molar-refractivity contribution in [2.75, 3.05) is 11.6 Å². The van der Waals surface area contributed by atoms with Gasteiger partial charge < -0.3 is 0 Å². The lowest BCUT2D eigenvalue weighted by Crippen LogP contribution is -2.16. The SMILES string of the molecule is CSc1ncc(C(=O)Nc2nnc(C)s2)n1-c1ccc(F)cc1. The van der Waals surface area contributed by atoms with Gasteiger partial charge >= 0.3 is 0 Å². The number of anilines is 1. The van der Waals surface area contributed by atoms with Gasteiger partial charge in [-0.3, -0.25) is 14.7 Å². The Balaban J connectivity index is 1.97. The zero-order valence-electron chi connectivity index (χ0n) is 12.3. The van der Waals surface area contributed by atoms with Gasteiger partial charge in [0.15, 0.2) is 5.16 Å². The lowest BCUT2D eigenvalue weighted by molar-refractivity contribution is 0.102. The number of nitrogens with one attached hydrogen (secondary N) is 1. The van der Waals surface area contributed by atoms with Crippen LogP contribution in [-0.2, 0) is 0 Å². The second-order valence-electron chi connectivity index (χ2n) is 4.52. The number of thioether (sulfide) groups is 1. The van der Waals surface area contributed by atoms with Crippen LogP contribution in [0.4, 0.5) is 9.52 Å². The molecule has 0 spiro atoms. The van der Waals surface area contributed by atoms with Crippen molar-refractivity contribution in [2.24, 2.45) is 0 Å². The molecule has 3 aromatic rings. The smallest absolute Gasteiger partial charge is 0.276 e. The van der Waals surface area contributed by atoms with Crippen LogP contribution in [0.15, 0.2) is 35.6 Å². The number of amides is 1. The number of hydrogen-bond acceptors (Lipinski definition) is 6. The van der Waals surface area contributed by atoms with E-state index in [1.54, 1.807) is 16.7 Å². The minimum Gasteiger partial charge on any atom is -0.295 e. The normalized spacial score (nSPS) is 10.7. The van der Waals surface area contributed by atoms with Gasteiger partial charge in [0.05, 0.1) is 6.20 Å². The highest BCUT2D eigenvalue weighted by molar-refractivity contribution is 7.98. The highest BCUT2D eigenvalue weighted by atomic mass is 32.2. The molecule has 1 aromatic carbocycles. The number of benzene rings is 1. The van der Waals surface area contributed by atoms with Crippen molar-refractivity contribution in [1.29, 1.82) is 0 Å². The summed E-state index contributed by atoms with van der Waals surface area (Å²) in [7, 11) is 0. The van der Waals surface area contributed by atoms with E-state index in [1.165, 1.54) is 41.4 Å². The molecular formula is C14H12FN5OS2. The minimum absolute atomic E-state index is 0.338. The molecule has 23 heavy (non-hydrogen) atoms. The number of carbonyl (C=O) groups excluding carboxylic acids is 1. The molecule has 6 nitrogen and oxygen atoms in total. The molecule has 0 saturated heterocycles. The Bertz CT molecular complexity index is 843. The van der Waals surface area contributed by atoms with Gasteiger partial charge in [-0.15, -0.1) is 10.2 Å². The Morgan fingerprint density at radius 3 is 2.65 bits per heavy atom. The van der Waals surface area contributed by atoms with Gasteiger partial charge in [0.1, 0.15) is 16.5 Å². The molecule has 0 saturated carbocycles. The van der Waals surface area contributed by atoms with Gasteiger partial charge in [-0.25, -0.2) is 9.37 Å². The molecule has 118 valence electrons. The van der Waals surface area contributed by atoms with E-state index in [9.17, 15) is 9.18 Å². The quantitative estimate of drug-likeness (QED) is 0.733. The fraction of sp³-hybridized carbons (Fsp3) is 0.143. The third-order valence-electron chi connectivity index (χ3n) is 2.98. The first-order chi connectivity index (χ1) is 11.1. The summed E-state index contributed by atoms with van der Waals surface area (Å²) in [6.45, 7) is 1.81. The third kappa shape index (κ3) is 3.25. The fourth-order valence-electron chi connectivity index (χ4n) is 1.99. The van der Waals surface area contributed by atoms with E-state index in [4.69, 9.17) is 0 Å². The average molecular weight is 349 g/mol. The molecular weight excluding hydrogens is 337 g/mol. The van der Waals surface area contributed by atoms with Crippen LogP contribution in [0, 0.1) is 12.7 Å². The molecule has 0 radical (unpaired) electrons. The molecule has 2 aromatic heterocycles. The summed E-state index contributed by atoms with van der Waals surface area (Å²) < 4.78 is 14.8. The third-order valence-corrected chi connectivity index (χ3v) is 4.38. The topological polar surface area (TPSA) is 72.7 Å². The second kappa shape index (κ2) is 6.47. The van der Waals surface area contributed by atoms with Crippen LogP contribution in [0.2, 0.25) is 0 Å². The summed E-state index contributed by atoms with van der Waals surface area (Å²) in [5, 5.41) is 12.3. The maximum Gasteiger partial charge on any atom is 0.276 e. The summed E-state index contributed by atoms with van der Waals surface area (Å²) >= 11 is 2.68. The molecule has 3 rings (SSSR count).